The van der Waals surface area contributed by atoms with Crippen LogP contribution in [-0.4, -0.2) is 17.6 Å². The minimum Gasteiger partial charge on any atom is -0.444 e. The van der Waals surface area contributed by atoms with Crippen molar-refractivity contribution in [2.24, 2.45) is 0 Å². The van der Waals surface area contributed by atoms with E-state index >= 15 is 0 Å². The van der Waals surface area contributed by atoms with Gasteiger partial charge in [-0.25, -0.2) is 9.59 Å². The molecule has 0 fully saturated rings. The Bertz CT molecular complexity index is 186. The second-order valence-electron chi connectivity index (χ2n) is 2.91. The molecule has 0 bridgehead atoms. The molecule has 4 heteroatoms. The van der Waals surface area contributed by atoms with Crippen molar-refractivity contribution in [3.63, 3.8) is 0 Å². The Balaban J connectivity index is 3.79. The summed E-state index contributed by atoms with van der Waals surface area (Å²) in [5, 5.41) is 2.08. The average molecular weight is 157 g/mol. The number of nitrogens with one attached hydrogen (secondary N) is 1. The van der Waals surface area contributed by atoms with Crippen LogP contribution in [0.25, 0.3) is 0 Å². The minimum atomic E-state index is -0.652. The van der Waals surface area contributed by atoms with Crippen molar-refractivity contribution in [1.82, 2.24) is 5.32 Å². The molecular weight excluding hydrogens is 146 g/mol. The first-order valence-corrected chi connectivity index (χ1v) is 3.14. The van der Waals surface area contributed by atoms with E-state index in [4.69, 9.17) is 4.74 Å². The number of hydrogen-bond donors (Lipinski definition) is 1. The summed E-state index contributed by atoms with van der Waals surface area (Å²) in [6.07, 6.45) is 0.203. The predicted octanol–water partition coefficient (Wildman–Crippen LogP) is 0.856. The molecule has 0 saturated carbocycles. The van der Waals surface area contributed by atoms with E-state index in [9.17, 15) is 9.59 Å². The van der Waals surface area contributed by atoms with E-state index in [0.29, 0.717) is 0 Å². The van der Waals surface area contributed by atoms with Crippen LogP contribution in [-0.2, 0) is 9.53 Å². The molecule has 0 aliphatic carbocycles. The Morgan fingerprint density at radius 2 is 2.09 bits per heavy atom. The Morgan fingerprint density at radius 1 is 1.55 bits per heavy atom. The number of rotatable bonds is 1. The van der Waals surface area contributed by atoms with Crippen LogP contribution < -0.4 is 5.32 Å². The molecule has 0 rings (SSSR count). The molecule has 4 nitrogen and oxygen atoms in total. The molecule has 11 heavy (non-hydrogen) atoms. The molecule has 0 aromatic carbocycles. The first-order chi connectivity index (χ1) is 4.95. The highest BCUT2D eigenvalue weighted by molar-refractivity contribution is 5.70. The molecule has 1 amide bonds. The van der Waals surface area contributed by atoms with Gasteiger partial charge in [0, 0.05) is 0 Å². The molecule has 0 spiro atoms. The third-order valence-electron chi connectivity index (χ3n) is 0.648. The fourth-order valence-corrected chi connectivity index (χ4v) is 0.396. The molecule has 0 heterocycles. The van der Waals surface area contributed by atoms with Crippen molar-refractivity contribution in [1.29, 1.82) is 0 Å². The zero-order valence-electron chi connectivity index (χ0n) is 6.80. The van der Waals surface area contributed by atoms with E-state index in [1.165, 1.54) is 5.94 Å². The second kappa shape index (κ2) is 3.78. The third kappa shape index (κ3) is 6.61. The van der Waals surface area contributed by atoms with E-state index in [0.717, 1.165) is 6.20 Å². The summed E-state index contributed by atoms with van der Waals surface area (Å²) in [6.45, 7) is 5.20. The lowest BCUT2D eigenvalue weighted by atomic mass is 10.2. The maximum absolute atomic E-state index is 10.7. The van der Waals surface area contributed by atoms with Gasteiger partial charge in [-0.1, -0.05) is 0 Å². The summed E-state index contributed by atoms with van der Waals surface area (Å²) in [7, 11) is 0. The molecule has 1 N–H and O–H groups in total. The molecule has 0 aliphatic heterocycles. The molecule has 0 radical (unpaired) electrons. The lowest BCUT2D eigenvalue weighted by Crippen LogP contribution is -2.29. The van der Waals surface area contributed by atoms with Gasteiger partial charge in [0.25, 0.3) is 0 Å². The summed E-state index contributed by atoms with van der Waals surface area (Å²) in [5.74, 6) is 1.40. The Hall–Kier alpha value is -1.28. The second-order valence-corrected chi connectivity index (χ2v) is 2.91. The smallest absolute Gasteiger partial charge is 0.412 e. The number of carbonyl (C=O) groups is 1. The van der Waals surface area contributed by atoms with Gasteiger partial charge >= 0.3 is 6.09 Å². The fraction of sp³-hybridized carbons (Fsp3) is 0.571. The molecule has 0 saturated heterocycles. The average Bonchev–Trinajstić information content (AvgIpc) is 1.79. The van der Waals surface area contributed by atoms with Gasteiger partial charge in [-0.15, -0.1) is 0 Å². The van der Waals surface area contributed by atoms with E-state index in [1.54, 1.807) is 20.8 Å². The molecule has 0 aromatic rings. The maximum Gasteiger partial charge on any atom is 0.412 e. The SMILES string of the molecule is CC(C)(C)OC(=O)NC=C=O. The van der Waals surface area contributed by atoms with Gasteiger partial charge in [-0.3, -0.25) is 5.32 Å². The first-order valence-electron chi connectivity index (χ1n) is 3.14. The molecule has 0 aliphatic rings. The van der Waals surface area contributed by atoms with Crippen molar-refractivity contribution < 1.29 is 14.3 Å². The van der Waals surface area contributed by atoms with Crippen LogP contribution in [0.15, 0.2) is 6.20 Å². The Kier molecular flexibility index (Phi) is 3.34. The number of ether oxygens (including phenoxy) is 1. The summed E-state index contributed by atoms with van der Waals surface area (Å²) in [4.78, 5) is 20.3. The highest BCUT2D eigenvalue weighted by atomic mass is 16.6. The lowest BCUT2D eigenvalue weighted by molar-refractivity contribution is 0.0553. The van der Waals surface area contributed by atoms with E-state index < -0.39 is 11.7 Å². The number of carbonyl (C=O) groups excluding carboxylic acids is 2. The van der Waals surface area contributed by atoms with Gasteiger partial charge < -0.3 is 4.74 Å². The van der Waals surface area contributed by atoms with Crippen LogP contribution in [0.4, 0.5) is 4.79 Å². The third-order valence-corrected chi connectivity index (χ3v) is 0.648. The van der Waals surface area contributed by atoms with Crippen molar-refractivity contribution in [3.05, 3.63) is 6.20 Å². The van der Waals surface area contributed by atoms with Gasteiger partial charge in [-0.05, 0) is 20.8 Å². The van der Waals surface area contributed by atoms with E-state index in [1.807, 2.05) is 0 Å². The molecular formula is C7H11NO3. The first kappa shape index (κ1) is 9.72. The van der Waals surface area contributed by atoms with Crippen LogP contribution in [0.5, 0.6) is 0 Å². The molecule has 0 atom stereocenters. The fourth-order valence-electron chi connectivity index (χ4n) is 0.396. The number of alkyl carbamates (subject to hydrolysis) is 1. The van der Waals surface area contributed by atoms with Gasteiger partial charge in [0.2, 0.25) is 0 Å². The van der Waals surface area contributed by atoms with Crippen molar-refractivity contribution in [3.8, 4) is 0 Å². The predicted molar refractivity (Wildman–Crippen MR) is 39.6 cm³/mol. The largest absolute Gasteiger partial charge is 0.444 e. The molecule has 62 valence electrons. The monoisotopic (exact) mass is 157 g/mol. The minimum absolute atomic E-state index is 0.541. The van der Waals surface area contributed by atoms with Crippen molar-refractivity contribution in [2.45, 2.75) is 26.4 Å². The standard InChI is InChI=1S/C7H11NO3/c1-7(2,3)11-6(10)8-4-5-9/h4H,1-3H3,(H,8,10). The quantitative estimate of drug-likeness (QED) is 0.574. The topological polar surface area (TPSA) is 55.4 Å². The lowest BCUT2D eigenvalue weighted by Gasteiger charge is -2.18. The Morgan fingerprint density at radius 3 is 2.45 bits per heavy atom. The summed E-state index contributed by atoms with van der Waals surface area (Å²) in [6, 6.07) is 0. The van der Waals surface area contributed by atoms with Crippen LogP contribution in [0, 0.1) is 0 Å². The highest BCUT2D eigenvalue weighted by Crippen LogP contribution is 2.05. The van der Waals surface area contributed by atoms with Crippen LogP contribution in [0.2, 0.25) is 0 Å². The number of amides is 1. The summed E-state index contributed by atoms with van der Waals surface area (Å²) in [5.41, 5.74) is -0.541. The normalized spacial score (nSPS) is 9.73. The van der Waals surface area contributed by atoms with Crippen LogP contribution in [0.1, 0.15) is 20.8 Å². The van der Waals surface area contributed by atoms with E-state index in [-0.39, 0.29) is 0 Å². The molecule has 0 unspecified atom stereocenters. The molecule has 0 aromatic heterocycles. The van der Waals surface area contributed by atoms with Crippen LogP contribution in [0.3, 0.4) is 0 Å². The van der Waals surface area contributed by atoms with Crippen molar-refractivity contribution in [2.75, 3.05) is 0 Å². The van der Waals surface area contributed by atoms with E-state index in [2.05, 4.69) is 5.32 Å². The summed E-state index contributed by atoms with van der Waals surface area (Å²) < 4.78 is 4.78. The zero-order valence-corrected chi connectivity index (χ0v) is 6.80. The summed E-state index contributed by atoms with van der Waals surface area (Å²) >= 11 is 0. The number of hydrogen-bond acceptors (Lipinski definition) is 3. The maximum atomic E-state index is 10.7. The van der Waals surface area contributed by atoms with Crippen LogP contribution >= 0.6 is 0 Å². The zero-order chi connectivity index (χ0) is 8.91. The highest BCUT2D eigenvalue weighted by Gasteiger charge is 2.14. The van der Waals surface area contributed by atoms with Gasteiger partial charge in [0.1, 0.15) is 11.5 Å². The van der Waals surface area contributed by atoms with Gasteiger partial charge in [0.15, 0.2) is 0 Å². The van der Waals surface area contributed by atoms with Gasteiger partial charge in [0.05, 0.1) is 6.20 Å². The van der Waals surface area contributed by atoms with Crippen molar-refractivity contribution >= 4 is 12.0 Å². The Labute approximate surface area is 65.2 Å². The van der Waals surface area contributed by atoms with Gasteiger partial charge in [-0.2, -0.15) is 0 Å².